The molecular formula is C14H16N2O2. The Bertz CT molecular complexity index is 696. The minimum atomic E-state index is -0.371. The minimum absolute atomic E-state index is 0.323. The molecule has 18 heavy (non-hydrogen) atoms. The smallest absolute Gasteiger partial charge is 0.296 e. The van der Waals surface area contributed by atoms with Crippen LogP contribution in [0, 0.1) is 20.8 Å². The fourth-order valence-electron chi connectivity index (χ4n) is 1.83. The zero-order valence-corrected chi connectivity index (χ0v) is 10.8. The normalized spacial score (nSPS) is 10.6. The molecule has 0 unspecified atom stereocenters. The lowest BCUT2D eigenvalue weighted by molar-refractivity contribution is 0.713. The lowest BCUT2D eigenvalue weighted by atomic mass is 10.1. The van der Waals surface area contributed by atoms with Gasteiger partial charge in [0.25, 0.3) is 5.56 Å². The van der Waals surface area contributed by atoms with E-state index >= 15 is 0 Å². The standard InChI is InChI=1S/C14H16N2O2/c1-9-4-5-12(6-10(9)2)8-16-7-11(3)13(17)15-14(16)18/h4-7H,8H2,1-3H3,(H,15,17,18). The van der Waals surface area contributed by atoms with E-state index in [0.717, 1.165) is 5.56 Å². The highest BCUT2D eigenvalue weighted by molar-refractivity contribution is 5.30. The Morgan fingerprint density at radius 1 is 1.06 bits per heavy atom. The number of hydrogen-bond donors (Lipinski definition) is 1. The van der Waals surface area contributed by atoms with Crippen LogP contribution < -0.4 is 11.2 Å². The molecule has 94 valence electrons. The summed E-state index contributed by atoms with van der Waals surface area (Å²) in [6, 6.07) is 6.09. The molecule has 0 saturated carbocycles. The molecule has 0 atom stereocenters. The van der Waals surface area contributed by atoms with Crippen LogP contribution in [0.1, 0.15) is 22.3 Å². The van der Waals surface area contributed by atoms with Crippen LogP contribution in [0.15, 0.2) is 34.0 Å². The topological polar surface area (TPSA) is 54.9 Å². The number of nitrogens with zero attached hydrogens (tertiary/aromatic N) is 1. The molecule has 0 aliphatic rings. The SMILES string of the molecule is Cc1ccc(Cn2cc(C)c(=O)[nH]c2=O)cc1C. The molecule has 0 amide bonds. The van der Waals surface area contributed by atoms with Crippen LogP contribution in [-0.2, 0) is 6.54 Å². The van der Waals surface area contributed by atoms with Gasteiger partial charge in [-0.15, -0.1) is 0 Å². The first-order valence-corrected chi connectivity index (χ1v) is 5.84. The van der Waals surface area contributed by atoms with Gasteiger partial charge in [0.05, 0.1) is 6.54 Å². The number of hydrogen-bond acceptors (Lipinski definition) is 2. The van der Waals surface area contributed by atoms with Crippen molar-refractivity contribution in [3.63, 3.8) is 0 Å². The van der Waals surface area contributed by atoms with Gasteiger partial charge in [-0.25, -0.2) is 4.79 Å². The summed E-state index contributed by atoms with van der Waals surface area (Å²) >= 11 is 0. The number of aryl methyl sites for hydroxylation is 3. The quantitative estimate of drug-likeness (QED) is 0.870. The van der Waals surface area contributed by atoms with Crippen molar-refractivity contribution in [1.82, 2.24) is 9.55 Å². The van der Waals surface area contributed by atoms with Crippen molar-refractivity contribution in [3.8, 4) is 0 Å². The highest BCUT2D eigenvalue weighted by Crippen LogP contribution is 2.10. The van der Waals surface area contributed by atoms with Gasteiger partial charge in [-0.1, -0.05) is 18.2 Å². The molecule has 4 nitrogen and oxygen atoms in total. The van der Waals surface area contributed by atoms with Crippen LogP contribution >= 0.6 is 0 Å². The molecule has 0 spiro atoms. The van der Waals surface area contributed by atoms with Gasteiger partial charge in [0, 0.05) is 11.8 Å². The van der Waals surface area contributed by atoms with Crippen LogP contribution in [0.3, 0.4) is 0 Å². The van der Waals surface area contributed by atoms with Gasteiger partial charge >= 0.3 is 5.69 Å². The maximum Gasteiger partial charge on any atom is 0.328 e. The third-order valence-electron chi connectivity index (χ3n) is 3.11. The van der Waals surface area contributed by atoms with Gasteiger partial charge in [-0.05, 0) is 37.5 Å². The second-order valence-corrected chi connectivity index (χ2v) is 4.62. The fraction of sp³-hybridized carbons (Fsp3) is 0.286. The summed E-state index contributed by atoms with van der Waals surface area (Å²) in [6.45, 7) is 6.25. The Hall–Kier alpha value is -2.10. The van der Waals surface area contributed by atoms with Crippen molar-refractivity contribution in [2.75, 3.05) is 0 Å². The molecule has 2 rings (SSSR count). The van der Waals surface area contributed by atoms with Crippen molar-refractivity contribution in [2.24, 2.45) is 0 Å². The van der Waals surface area contributed by atoms with E-state index in [0.29, 0.717) is 12.1 Å². The van der Waals surface area contributed by atoms with Crippen LogP contribution in [0.2, 0.25) is 0 Å². The average molecular weight is 244 g/mol. The van der Waals surface area contributed by atoms with E-state index < -0.39 is 0 Å². The second-order valence-electron chi connectivity index (χ2n) is 4.62. The van der Waals surface area contributed by atoms with E-state index in [1.54, 1.807) is 13.1 Å². The van der Waals surface area contributed by atoms with Gasteiger partial charge in [-0.2, -0.15) is 0 Å². The van der Waals surface area contributed by atoms with Crippen molar-refractivity contribution in [3.05, 3.63) is 67.5 Å². The molecule has 1 heterocycles. The molecule has 2 aromatic rings. The molecule has 1 aromatic carbocycles. The average Bonchev–Trinajstić information content (AvgIpc) is 2.31. The molecule has 0 aliphatic carbocycles. The van der Waals surface area contributed by atoms with Crippen molar-refractivity contribution in [2.45, 2.75) is 27.3 Å². The Labute approximate surface area is 105 Å². The summed E-state index contributed by atoms with van der Waals surface area (Å²) in [6.07, 6.45) is 1.59. The van der Waals surface area contributed by atoms with Crippen molar-refractivity contribution in [1.29, 1.82) is 0 Å². The van der Waals surface area contributed by atoms with Crippen LogP contribution in [0.5, 0.6) is 0 Å². The number of H-pyrrole nitrogens is 1. The third kappa shape index (κ3) is 2.42. The first-order chi connectivity index (χ1) is 8.47. The highest BCUT2D eigenvalue weighted by Gasteiger charge is 2.02. The molecule has 1 aromatic heterocycles. The minimum Gasteiger partial charge on any atom is -0.296 e. The van der Waals surface area contributed by atoms with Gasteiger partial charge < -0.3 is 0 Å². The summed E-state index contributed by atoms with van der Waals surface area (Å²) in [5.74, 6) is 0. The van der Waals surface area contributed by atoms with E-state index in [9.17, 15) is 9.59 Å². The number of aromatic amines is 1. The van der Waals surface area contributed by atoms with Crippen molar-refractivity contribution >= 4 is 0 Å². The summed E-state index contributed by atoms with van der Waals surface area (Å²) in [7, 11) is 0. The van der Waals surface area contributed by atoms with Gasteiger partial charge in [-0.3, -0.25) is 14.3 Å². The summed E-state index contributed by atoms with van der Waals surface area (Å²) < 4.78 is 1.51. The van der Waals surface area contributed by atoms with E-state index in [1.165, 1.54) is 15.7 Å². The monoisotopic (exact) mass is 244 g/mol. The summed E-state index contributed by atoms with van der Waals surface area (Å²) in [5.41, 5.74) is 3.32. The third-order valence-corrected chi connectivity index (χ3v) is 3.11. The predicted molar refractivity (Wildman–Crippen MR) is 71.1 cm³/mol. The number of rotatable bonds is 2. The molecule has 0 radical (unpaired) electrons. The van der Waals surface area contributed by atoms with E-state index in [4.69, 9.17) is 0 Å². The largest absolute Gasteiger partial charge is 0.328 e. The van der Waals surface area contributed by atoms with Crippen LogP contribution in [0.4, 0.5) is 0 Å². The first kappa shape index (κ1) is 12.4. The summed E-state index contributed by atoms with van der Waals surface area (Å²) in [5, 5.41) is 0. The lowest BCUT2D eigenvalue weighted by Gasteiger charge is -2.08. The Balaban J connectivity index is 2.40. The molecule has 0 aliphatic heterocycles. The number of nitrogens with one attached hydrogen (secondary N) is 1. The zero-order chi connectivity index (χ0) is 13.3. The Kier molecular flexibility index (Phi) is 3.19. The predicted octanol–water partition coefficient (Wildman–Crippen LogP) is 1.51. The molecule has 1 N–H and O–H groups in total. The zero-order valence-electron chi connectivity index (χ0n) is 10.8. The van der Waals surface area contributed by atoms with E-state index in [1.807, 2.05) is 19.1 Å². The lowest BCUT2D eigenvalue weighted by Crippen LogP contribution is -2.31. The maximum atomic E-state index is 11.7. The maximum absolute atomic E-state index is 11.7. The molecular weight excluding hydrogens is 228 g/mol. The Morgan fingerprint density at radius 3 is 2.44 bits per heavy atom. The van der Waals surface area contributed by atoms with Crippen LogP contribution in [-0.4, -0.2) is 9.55 Å². The van der Waals surface area contributed by atoms with E-state index in [-0.39, 0.29) is 11.2 Å². The fourth-order valence-corrected chi connectivity index (χ4v) is 1.83. The molecule has 0 saturated heterocycles. The van der Waals surface area contributed by atoms with Gasteiger partial charge in [0.1, 0.15) is 0 Å². The second kappa shape index (κ2) is 4.64. The molecule has 0 fully saturated rings. The number of benzene rings is 1. The number of aromatic nitrogens is 2. The van der Waals surface area contributed by atoms with Gasteiger partial charge in [0.2, 0.25) is 0 Å². The first-order valence-electron chi connectivity index (χ1n) is 5.84. The molecule has 4 heteroatoms. The van der Waals surface area contributed by atoms with Gasteiger partial charge in [0.15, 0.2) is 0 Å². The Morgan fingerprint density at radius 2 is 1.78 bits per heavy atom. The van der Waals surface area contributed by atoms with Crippen LogP contribution in [0.25, 0.3) is 0 Å². The highest BCUT2D eigenvalue weighted by atomic mass is 16.2. The summed E-state index contributed by atoms with van der Waals surface area (Å²) in [4.78, 5) is 25.2. The molecule has 0 bridgehead atoms. The van der Waals surface area contributed by atoms with E-state index in [2.05, 4.69) is 18.0 Å². The van der Waals surface area contributed by atoms with Crippen molar-refractivity contribution < 1.29 is 0 Å².